The number of benzene rings is 3. The Bertz CT molecular complexity index is 1920. The number of nitriles is 1. The normalized spacial score (nSPS) is 14.7. The highest BCUT2D eigenvalue weighted by Crippen LogP contribution is 2.28. The van der Waals surface area contributed by atoms with Gasteiger partial charge in [0.15, 0.2) is 0 Å². The lowest BCUT2D eigenvalue weighted by Gasteiger charge is -2.38. The van der Waals surface area contributed by atoms with Gasteiger partial charge in [0.2, 0.25) is 5.88 Å². The molecule has 6 rings (SSSR count). The van der Waals surface area contributed by atoms with Gasteiger partial charge in [0.05, 0.1) is 41.0 Å². The molecule has 1 fully saturated rings. The Hall–Kier alpha value is -5.14. The molecule has 1 aliphatic rings. The van der Waals surface area contributed by atoms with Gasteiger partial charge in [0, 0.05) is 36.2 Å². The van der Waals surface area contributed by atoms with Crippen LogP contribution in [0.25, 0.3) is 22.3 Å². The highest BCUT2D eigenvalue weighted by atomic mass is 19.1. The summed E-state index contributed by atoms with van der Waals surface area (Å²) in [7, 11) is 3.42. The molecule has 1 atom stereocenters. The van der Waals surface area contributed by atoms with Crippen molar-refractivity contribution >= 4 is 17.0 Å². The first-order valence-electron chi connectivity index (χ1n) is 14.2. The van der Waals surface area contributed by atoms with E-state index in [1.807, 2.05) is 6.07 Å². The Morgan fingerprint density at radius 2 is 1.84 bits per heavy atom. The lowest BCUT2D eigenvalue weighted by Crippen LogP contribution is -2.47. The highest BCUT2D eigenvalue weighted by molar-refractivity contribution is 5.93. The van der Waals surface area contributed by atoms with Crippen molar-refractivity contribution in [3.8, 4) is 23.2 Å². The second-order valence-corrected chi connectivity index (χ2v) is 10.8. The quantitative estimate of drug-likeness (QED) is 0.196. The number of hydrogen-bond acceptors (Lipinski definition) is 7. The molecule has 0 bridgehead atoms. The van der Waals surface area contributed by atoms with Crippen LogP contribution in [0.3, 0.4) is 0 Å². The molecular formula is C34H29F2N5O3. The maximum Gasteiger partial charge on any atom is 0.337 e. The fourth-order valence-electron chi connectivity index (χ4n) is 5.33. The molecule has 10 heteroatoms. The summed E-state index contributed by atoms with van der Waals surface area (Å²) in [6.45, 7) is 1.62. The molecule has 0 saturated carbocycles. The van der Waals surface area contributed by atoms with Crippen LogP contribution in [0.5, 0.6) is 5.88 Å². The van der Waals surface area contributed by atoms with E-state index < -0.39 is 17.6 Å². The number of likely N-dealkylation sites (N-methyl/N-ethyl adjacent to an activating group) is 1. The number of imidazole rings is 1. The first kappa shape index (κ1) is 29.0. The number of methoxy groups -OCH3 is 1. The SMILES string of the molecule is COC(=O)c1ccc2nc(Cc3ccc(-c4cccc(OCc5ccc(C#N)cc5F)n4)cc3F)n(C[C@@H]3CCN3C)c2c1. The van der Waals surface area contributed by atoms with Crippen molar-refractivity contribution in [3.63, 3.8) is 0 Å². The van der Waals surface area contributed by atoms with E-state index in [-0.39, 0.29) is 24.5 Å². The maximum atomic E-state index is 15.6. The Morgan fingerprint density at radius 1 is 1.02 bits per heavy atom. The average molecular weight is 594 g/mol. The van der Waals surface area contributed by atoms with Gasteiger partial charge in [-0.15, -0.1) is 0 Å². The van der Waals surface area contributed by atoms with Gasteiger partial charge in [0.1, 0.15) is 24.1 Å². The van der Waals surface area contributed by atoms with E-state index in [4.69, 9.17) is 19.7 Å². The molecule has 44 heavy (non-hydrogen) atoms. The molecule has 1 aliphatic heterocycles. The van der Waals surface area contributed by atoms with Gasteiger partial charge in [-0.05, 0) is 68.0 Å². The number of likely N-dealkylation sites (tertiary alicyclic amines) is 1. The van der Waals surface area contributed by atoms with Crippen LogP contribution in [0, 0.1) is 23.0 Å². The summed E-state index contributed by atoms with van der Waals surface area (Å²) in [5.41, 5.74) is 4.04. The molecule has 0 amide bonds. The van der Waals surface area contributed by atoms with E-state index in [1.54, 1.807) is 48.5 Å². The molecule has 0 unspecified atom stereocenters. The van der Waals surface area contributed by atoms with E-state index in [0.717, 1.165) is 30.1 Å². The molecule has 0 N–H and O–H groups in total. The van der Waals surface area contributed by atoms with Gasteiger partial charge in [-0.2, -0.15) is 5.26 Å². The Morgan fingerprint density at radius 3 is 2.55 bits per heavy atom. The first-order valence-corrected chi connectivity index (χ1v) is 14.2. The molecule has 3 heterocycles. The topological polar surface area (TPSA) is 93.3 Å². The van der Waals surface area contributed by atoms with Crippen LogP contribution in [0.4, 0.5) is 8.78 Å². The van der Waals surface area contributed by atoms with E-state index in [1.165, 1.54) is 25.3 Å². The smallest absolute Gasteiger partial charge is 0.337 e. The third kappa shape index (κ3) is 5.87. The predicted octanol–water partition coefficient (Wildman–Crippen LogP) is 5.91. The Balaban J connectivity index is 1.24. The minimum atomic E-state index is -0.532. The van der Waals surface area contributed by atoms with Crippen molar-refractivity contribution in [2.75, 3.05) is 20.7 Å². The molecule has 2 aromatic heterocycles. The van der Waals surface area contributed by atoms with Crippen LogP contribution >= 0.6 is 0 Å². The molecular weight excluding hydrogens is 564 g/mol. The number of halogens is 2. The van der Waals surface area contributed by atoms with Gasteiger partial charge in [-0.25, -0.2) is 23.5 Å². The summed E-state index contributed by atoms with van der Waals surface area (Å²) < 4.78 is 42.5. The molecule has 0 radical (unpaired) electrons. The van der Waals surface area contributed by atoms with Crippen molar-refractivity contribution in [2.24, 2.45) is 0 Å². The lowest BCUT2D eigenvalue weighted by atomic mass is 10.0. The number of rotatable bonds is 9. The third-order valence-corrected chi connectivity index (χ3v) is 8.06. The van der Waals surface area contributed by atoms with E-state index in [9.17, 15) is 9.18 Å². The number of hydrogen-bond donors (Lipinski definition) is 0. The zero-order chi connectivity index (χ0) is 30.8. The van der Waals surface area contributed by atoms with Crippen LogP contribution in [0.2, 0.25) is 0 Å². The molecule has 8 nitrogen and oxygen atoms in total. The van der Waals surface area contributed by atoms with Crippen LogP contribution in [0.15, 0.2) is 72.8 Å². The maximum absolute atomic E-state index is 15.6. The van der Waals surface area contributed by atoms with Crippen LogP contribution < -0.4 is 4.74 Å². The van der Waals surface area contributed by atoms with Crippen LogP contribution in [-0.4, -0.2) is 52.1 Å². The van der Waals surface area contributed by atoms with Crippen LogP contribution in [0.1, 0.15) is 39.3 Å². The standard InChI is InChI=1S/C34H29F2N5O3/c1-40-13-12-26(40)19-41-31-16-24(34(42)43-2)10-11-30(31)38-32(41)17-22-8-9-23(15-28(22)36)29-4-3-5-33(39-29)44-20-25-7-6-21(18-37)14-27(25)35/h3-11,14-16,26H,12-13,17,19-20H2,1-2H3/t26-/m0/s1. The van der Waals surface area contributed by atoms with Crippen molar-refractivity contribution in [1.29, 1.82) is 5.26 Å². The van der Waals surface area contributed by atoms with Crippen molar-refractivity contribution < 1.29 is 23.0 Å². The molecule has 0 spiro atoms. The lowest BCUT2D eigenvalue weighted by molar-refractivity contribution is 0.0601. The molecule has 222 valence electrons. The summed E-state index contributed by atoms with van der Waals surface area (Å²) in [6.07, 6.45) is 1.31. The molecule has 1 saturated heterocycles. The third-order valence-electron chi connectivity index (χ3n) is 8.06. The number of fused-ring (bicyclic) bond motifs is 1. The molecule has 3 aromatic carbocycles. The second kappa shape index (κ2) is 12.2. The second-order valence-electron chi connectivity index (χ2n) is 10.8. The zero-order valence-corrected chi connectivity index (χ0v) is 24.3. The number of carbonyl (C=O) groups is 1. The van der Waals surface area contributed by atoms with Crippen molar-refractivity contribution in [2.45, 2.75) is 32.0 Å². The zero-order valence-electron chi connectivity index (χ0n) is 24.3. The Kier molecular flexibility index (Phi) is 8.05. The monoisotopic (exact) mass is 593 g/mol. The predicted molar refractivity (Wildman–Crippen MR) is 160 cm³/mol. The minimum Gasteiger partial charge on any atom is -0.473 e. The van der Waals surface area contributed by atoms with Gasteiger partial charge < -0.3 is 18.9 Å². The van der Waals surface area contributed by atoms with Gasteiger partial charge in [-0.3, -0.25) is 0 Å². The van der Waals surface area contributed by atoms with E-state index in [0.29, 0.717) is 46.4 Å². The minimum absolute atomic E-state index is 0.0694. The van der Waals surface area contributed by atoms with Gasteiger partial charge in [-0.1, -0.05) is 24.3 Å². The first-order chi connectivity index (χ1) is 21.3. The van der Waals surface area contributed by atoms with E-state index in [2.05, 4.69) is 21.5 Å². The number of aromatic nitrogens is 3. The molecule has 5 aromatic rings. The fraction of sp³-hybridized carbons (Fsp3) is 0.235. The summed E-state index contributed by atoms with van der Waals surface area (Å²) in [5, 5.41) is 8.93. The summed E-state index contributed by atoms with van der Waals surface area (Å²) in [5.74, 6) is -0.387. The number of nitrogens with zero attached hydrogens (tertiary/aromatic N) is 5. The van der Waals surface area contributed by atoms with Gasteiger partial charge in [0.25, 0.3) is 0 Å². The van der Waals surface area contributed by atoms with Crippen molar-refractivity contribution in [3.05, 3.63) is 113 Å². The Labute approximate surface area is 253 Å². The molecule has 0 aliphatic carbocycles. The summed E-state index contributed by atoms with van der Waals surface area (Å²) in [6, 6.07) is 21.8. The summed E-state index contributed by atoms with van der Waals surface area (Å²) >= 11 is 0. The highest BCUT2D eigenvalue weighted by Gasteiger charge is 2.27. The number of pyridine rings is 1. The van der Waals surface area contributed by atoms with E-state index >= 15 is 4.39 Å². The largest absolute Gasteiger partial charge is 0.473 e. The number of esters is 1. The number of carbonyl (C=O) groups excluding carboxylic acids is 1. The number of ether oxygens (including phenoxy) is 2. The fourth-order valence-corrected chi connectivity index (χ4v) is 5.33. The van der Waals surface area contributed by atoms with Gasteiger partial charge >= 0.3 is 5.97 Å². The van der Waals surface area contributed by atoms with Crippen LogP contribution in [-0.2, 0) is 24.3 Å². The average Bonchev–Trinajstić information content (AvgIpc) is 3.38. The summed E-state index contributed by atoms with van der Waals surface area (Å²) in [4.78, 5) is 23.8. The van der Waals surface area contributed by atoms with Crippen molar-refractivity contribution in [1.82, 2.24) is 19.4 Å².